The van der Waals surface area contributed by atoms with Gasteiger partial charge in [-0.15, -0.1) is 0 Å². The molecule has 0 saturated heterocycles. The Balaban J connectivity index is 2.94. The number of aryl methyl sites for hydroxylation is 1. The standard InChI is InChI=1S/C12H11ClO3/c1-3-16-11(14)5-4-9-6-8(2)12(15)10(13)7-9/h6-7,15H,3H2,1-2H3. The molecule has 0 aromatic heterocycles. The molecule has 0 radical (unpaired) electrons. The number of rotatable bonds is 1. The molecule has 0 heterocycles. The van der Waals surface area contributed by atoms with Gasteiger partial charge in [0.2, 0.25) is 0 Å². The van der Waals surface area contributed by atoms with E-state index in [-0.39, 0.29) is 10.8 Å². The summed E-state index contributed by atoms with van der Waals surface area (Å²) in [5, 5.41) is 9.64. The highest BCUT2D eigenvalue weighted by molar-refractivity contribution is 6.32. The van der Waals surface area contributed by atoms with Crippen molar-refractivity contribution in [2.24, 2.45) is 0 Å². The molecule has 1 rings (SSSR count). The molecule has 0 saturated carbocycles. The van der Waals surface area contributed by atoms with E-state index in [0.717, 1.165) is 0 Å². The monoisotopic (exact) mass is 238 g/mol. The van der Waals surface area contributed by atoms with Crippen molar-refractivity contribution in [2.45, 2.75) is 13.8 Å². The van der Waals surface area contributed by atoms with Gasteiger partial charge in [-0.25, -0.2) is 4.79 Å². The number of ether oxygens (including phenoxy) is 1. The molecule has 1 aromatic rings. The van der Waals surface area contributed by atoms with Gasteiger partial charge in [-0.1, -0.05) is 17.5 Å². The summed E-state index contributed by atoms with van der Waals surface area (Å²) in [5.74, 6) is 4.39. The van der Waals surface area contributed by atoms with E-state index in [1.807, 2.05) is 0 Å². The first-order valence-corrected chi connectivity index (χ1v) is 5.10. The van der Waals surface area contributed by atoms with E-state index in [4.69, 9.17) is 11.6 Å². The Morgan fingerprint density at radius 2 is 2.25 bits per heavy atom. The Morgan fingerprint density at radius 1 is 1.56 bits per heavy atom. The molecule has 0 unspecified atom stereocenters. The summed E-state index contributed by atoms with van der Waals surface area (Å²) in [5.41, 5.74) is 1.18. The third-order valence-corrected chi connectivity index (χ3v) is 2.13. The number of carbonyl (C=O) groups is 1. The molecule has 1 aromatic carbocycles. The lowest BCUT2D eigenvalue weighted by Crippen LogP contribution is -1.99. The Bertz CT molecular complexity index is 446. The van der Waals surface area contributed by atoms with Gasteiger partial charge in [0.05, 0.1) is 11.6 Å². The third-order valence-electron chi connectivity index (χ3n) is 1.84. The lowest BCUT2D eigenvalue weighted by atomic mass is 10.1. The summed E-state index contributed by atoms with van der Waals surface area (Å²) in [6, 6.07) is 3.14. The van der Waals surface area contributed by atoms with Crippen LogP contribution in [0.2, 0.25) is 5.02 Å². The van der Waals surface area contributed by atoms with Crippen molar-refractivity contribution in [1.82, 2.24) is 0 Å². The summed E-state index contributed by atoms with van der Waals surface area (Å²) in [6.07, 6.45) is 0. The zero-order valence-corrected chi connectivity index (χ0v) is 9.76. The van der Waals surface area contributed by atoms with E-state index in [1.54, 1.807) is 19.9 Å². The van der Waals surface area contributed by atoms with E-state index in [1.165, 1.54) is 6.07 Å². The number of carbonyl (C=O) groups excluding carboxylic acids is 1. The molecule has 4 heteroatoms. The largest absolute Gasteiger partial charge is 0.506 e. The van der Waals surface area contributed by atoms with Crippen LogP contribution in [0.4, 0.5) is 0 Å². The van der Waals surface area contributed by atoms with E-state index >= 15 is 0 Å². The van der Waals surface area contributed by atoms with Crippen molar-refractivity contribution in [3.63, 3.8) is 0 Å². The van der Waals surface area contributed by atoms with E-state index in [0.29, 0.717) is 17.7 Å². The van der Waals surface area contributed by atoms with Gasteiger partial charge >= 0.3 is 5.97 Å². The second-order valence-electron chi connectivity index (χ2n) is 3.09. The van der Waals surface area contributed by atoms with Gasteiger partial charge in [0, 0.05) is 11.5 Å². The first kappa shape index (κ1) is 12.4. The quantitative estimate of drug-likeness (QED) is 0.603. The first-order valence-electron chi connectivity index (χ1n) is 4.72. The van der Waals surface area contributed by atoms with Crippen molar-refractivity contribution < 1.29 is 14.6 Å². The Kier molecular flexibility index (Phi) is 4.21. The number of phenols is 1. The van der Waals surface area contributed by atoms with Crippen LogP contribution < -0.4 is 0 Å². The van der Waals surface area contributed by atoms with E-state index < -0.39 is 5.97 Å². The Labute approximate surface area is 99.0 Å². The molecule has 16 heavy (non-hydrogen) atoms. The minimum Gasteiger partial charge on any atom is -0.506 e. The number of esters is 1. The fraction of sp³-hybridized carbons (Fsp3) is 0.250. The highest BCUT2D eigenvalue weighted by atomic mass is 35.5. The summed E-state index contributed by atoms with van der Waals surface area (Å²) >= 11 is 5.76. The Hall–Kier alpha value is -1.66. The lowest BCUT2D eigenvalue weighted by molar-refractivity contribution is -0.136. The second-order valence-corrected chi connectivity index (χ2v) is 3.50. The third kappa shape index (κ3) is 3.18. The molecule has 3 nitrogen and oxygen atoms in total. The second kappa shape index (κ2) is 5.43. The van der Waals surface area contributed by atoms with Crippen molar-refractivity contribution >= 4 is 17.6 Å². The van der Waals surface area contributed by atoms with Gasteiger partial charge < -0.3 is 9.84 Å². The summed E-state index contributed by atoms with van der Waals surface area (Å²) in [6.45, 7) is 3.71. The first-order chi connectivity index (χ1) is 7.54. The molecule has 0 aliphatic rings. The van der Waals surface area contributed by atoms with E-state index in [9.17, 15) is 9.90 Å². The van der Waals surface area contributed by atoms with Gasteiger partial charge in [0.25, 0.3) is 0 Å². The molecular weight excluding hydrogens is 228 g/mol. The fourth-order valence-electron chi connectivity index (χ4n) is 1.10. The van der Waals surface area contributed by atoms with Gasteiger partial charge in [-0.2, -0.15) is 0 Å². The van der Waals surface area contributed by atoms with E-state index in [2.05, 4.69) is 16.6 Å². The van der Waals surface area contributed by atoms with Gasteiger partial charge in [0.1, 0.15) is 5.75 Å². The molecule has 0 atom stereocenters. The summed E-state index contributed by atoms with van der Waals surface area (Å²) in [7, 11) is 0. The normalized spacial score (nSPS) is 9.19. The molecule has 0 bridgehead atoms. The van der Waals surface area contributed by atoms with Crippen LogP contribution in [-0.2, 0) is 9.53 Å². The highest BCUT2D eigenvalue weighted by Crippen LogP contribution is 2.27. The van der Waals surface area contributed by atoms with Crippen LogP contribution in [0.1, 0.15) is 18.1 Å². The SMILES string of the molecule is CCOC(=O)C#Cc1cc(C)c(O)c(Cl)c1. The molecular formula is C12H11ClO3. The number of hydrogen-bond donors (Lipinski definition) is 1. The number of hydrogen-bond acceptors (Lipinski definition) is 3. The van der Waals surface area contributed by atoms with Gasteiger partial charge in [-0.3, -0.25) is 0 Å². The van der Waals surface area contributed by atoms with Gasteiger partial charge in [-0.05, 0) is 31.5 Å². The lowest BCUT2D eigenvalue weighted by Gasteiger charge is -2.01. The maximum atomic E-state index is 11.0. The molecule has 0 fully saturated rings. The minimum absolute atomic E-state index is 0.0309. The maximum Gasteiger partial charge on any atom is 0.384 e. The number of aromatic hydroxyl groups is 1. The predicted molar refractivity (Wildman–Crippen MR) is 61.4 cm³/mol. The average molecular weight is 239 g/mol. The minimum atomic E-state index is -0.579. The number of halogens is 1. The predicted octanol–water partition coefficient (Wildman–Crippen LogP) is 2.27. The summed E-state index contributed by atoms with van der Waals surface area (Å²) < 4.78 is 4.65. The molecule has 0 aliphatic heterocycles. The van der Waals surface area contributed by atoms with Crippen LogP contribution >= 0.6 is 11.6 Å². The van der Waals surface area contributed by atoms with Crippen LogP contribution in [0, 0.1) is 18.8 Å². The summed E-state index contributed by atoms with van der Waals surface area (Å²) in [4.78, 5) is 11.0. The zero-order valence-electron chi connectivity index (χ0n) is 9.00. The smallest absolute Gasteiger partial charge is 0.384 e. The van der Waals surface area contributed by atoms with Crippen molar-refractivity contribution in [1.29, 1.82) is 0 Å². The highest BCUT2D eigenvalue weighted by Gasteiger charge is 2.03. The van der Waals surface area contributed by atoms with Crippen LogP contribution in [-0.4, -0.2) is 17.7 Å². The molecule has 84 valence electrons. The number of phenolic OH excluding ortho intramolecular Hbond substituents is 1. The molecule has 0 spiro atoms. The van der Waals surface area contributed by atoms with Crippen molar-refractivity contribution in [2.75, 3.05) is 6.61 Å². The topological polar surface area (TPSA) is 46.5 Å². The van der Waals surface area contributed by atoms with Crippen LogP contribution in [0.3, 0.4) is 0 Å². The van der Waals surface area contributed by atoms with Crippen molar-refractivity contribution in [3.05, 3.63) is 28.3 Å². The van der Waals surface area contributed by atoms with Crippen LogP contribution in [0.15, 0.2) is 12.1 Å². The van der Waals surface area contributed by atoms with Gasteiger partial charge in [0.15, 0.2) is 0 Å². The maximum absolute atomic E-state index is 11.0. The molecule has 1 N–H and O–H groups in total. The Morgan fingerprint density at radius 3 is 2.81 bits per heavy atom. The molecule has 0 aliphatic carbocycles. The zero-order chi connectivity index (χ0) is 12.1. The van der Waals surface area contributed by atoms with Crippen LogP contribution in [0.25, 0.3) is 0 Å². The fourth-order valence-corrected chi connectivity index (χ4v) is 1.37. The number of benzene rings is 1. The average Bonchev–Trinajstić information content (AvgIpc) is 2.23. The molecule has 0 amide bonds. The van der Waals surface area contributed by atoms with Crippen LogP contribution in [0.5, 0.6) is 5.75 Å². The van der Waals surface area contributed by atoms with Crippen molar-refractivity contribution in [3.8, 4) is 17.6 Å².